The van der Waals surface area contributed by atoms with Gasteiger partial charge in [-0.15, -0.1) is 0 Å². The second-order valence-corrected chi connectivity index (χ2v) is 6.65. The molecule has 0 aromatic rings. The van der Waals surface area contributed by atoms with E-state index in [1.165, 1.54) is 0 Å². The van der Waals surface area contributed by atoms with Gasteiger partial charge in [0.2, 0.25) is 0 Å². The number of hydrogen-bond donors (Lipinski definition) is 0. The fourth-order valence-electron chi connectivity index (χ4n) is 1.08. The molecule has 0 saturated heterocycles. The normalized spacial score (nSPS) is 10.7. The zero-order valence-corrected chi connectivity index (χ0v) is 14.5. The van der Waals surface area contributed by atoms with E-state index in [0.29, 0.717) is 23.7 Å². The summed E-state index contributed by atoms with van der Waals surface area (Å²) in [4.78, 5) is 0. The quantitative estimate of drug-likeness (QED) is 0.678. The Balaban J connectivity index is -0.000000256. The van der Waals surface area contributed by atoms with Gasteiger partial charge in [-0.05, 0) is 23.7 Å². The van der Waals surface area contributed by atoms with Crippen LogP contribution in [0.2, 0.25) is 0 Å². The predicted molar refractivity (Wildman–Crippen MR) is 84.6 cm³/mol. The highest BCUT2D eigenvalue weighted by Crippen LogP contribution is 1.97. The van der Waals surface area contributed by atoms with Crippen LogP contribution in [-0.2, 0) is 9.47 Å². The fraction of sp³-hybridized carbons (Fsp3) is 1.00. The summed E-state index contributed by atoms with van der Waals surface area (Å²) < 4.78 is 10.7. The van der Waals surface area contributed by atoms with Crippen LogP contribution >= 0.6 is 0 Å². The van der Waals surface area contributed by atoms with Gasteiger partial charge in [0.15, 0.2) is 0 Å². The standard InChI is InChI=1S/2C8H18O.H2O/c2*1-7(2)5-9-6-8(3)4;/h2*7-8H,5-6H2,1-4H3;1H2. The molecule has 0 rings (SSSR count). The third-order valence-electron chi connectivity index (χ3n) is 1.80. The van der Waals surface area contributed by atoms with Gasteiger partial charge in [0.25, 0.3) is 0 Å². The summed E-state index contributed by atoms with van der Waals surface area (Å²) >= 11 is 0. The monoisotopic (exact) mass is 278 g/mol. The maximum atomic E-state index is 5.36. The van der Waals surface area contributed by atoms with Crippen molar-refractivity contribution in [1.29, 1.82) is 0 Å². The SMILES string of the molecule is CC(C)COCC(C)C.CC(C)COCC(C)C.O. The van der Waals surface area contributed by atoms with E-state index in [0.717, 1.165) is 26.4 Å². The van der Waals surface area contributed by atoms with Gasteiger partial charge in [-0.2, -0.15) is 0 Å². The lowest BCUT2D eigenvalue weighted by Crippen LogP contribution is -2.07. The fourth-order valence-corrected chi connectivity index (χ4v) is 1.08. The number of hydrogen-bond acceptors (Lipinski definition) is 2. The van der Waals surface area contributed by atoms with Gasteiger partial charge in [0.05, 0.1) is 0 Å². The number of rotatable bonds is 8. The molecule has 0 atom stereocenters. The Morgan fingerprint density at radius 2 is 0.632 bits per heavy atom. The summed E-state index contributed by atoms with van der Waals surface area (Å²) in [6, 6.07) is 0. The largest absolute Gasteiger partial charge is 0.412 e. The molecule has 120 valence electrons. The molecule has 0 aliphatic rings. The molecule has 0 radical (unpaired) electrons. The van der Waals surface area contributed by atoms with E-state index < -0.39 is 0 Å². The average molecular weight is 278 g/mol. The van der Waals surface area contributed by atoms with Gasteiger partial charge >= 0.3 is 0 Å². The van der Waals surface area contributed by atoms with E-state index in [-0.39, 0.29) is 5.48 Å². The van der Waals surface area contributed by atoms with Crippen molar-refractivity contribution in [2.45, 2.75) is 55.4 Å². The summed E-state index contributed by atoms with van der Waals surface area (Å²) in [5.74, 6) is 2.68. The van der Waals surface area contributed by atoms with Gasteiger partial charge in [0.1, 0.15) is 0 Å². The lowest BCUT2D eigenvalue weighted by molar-refractivity contribution is 0.0886. The van der Waals surface area contributed by atoms with Crippen molar-refractivity contribution in [3.05, 3.63) is 0 Å². The molecule has 0 aromatic heterocycles. The summed E-state index contributed by atoms with van der Waals surface area (Å²) in [5, 5.41) is 0. The minimum atomic E-state index is 0. The molecule has 0 fully saturated rings. The summed E-state index contributed by atoms with van der Waals surface area (Å²) in [6.07, 6.45) is 0. The van der Waals surface area contributed by atoms with Crippen molar-refractivity contribution in [2.75, 3.05) is 26.4 Å². The molecule has 3 heteroatoms. The highest BCUT2D eigenvalue weighted by atomic mass is 16.5. The lowest BCUT2D eigenvalue weighted by atomic mass is 10.2. The Kier molecular flexibility index (Phi) is 20.1. The van der Waals surface area contributed by atoms with Crippen LogP contribution in [0.1, 0.15) is 55.4 Å². The second kappa shape index (κ2) is 15.9. The molecule has 0 bridgehead atoms. The molecule has 0 unspecified atom stereocenters. The first kappa shape index (κ1) is 23.9. The maximum absolute atomic E-state index is 5.36. The molecular formula is C16H38O3. The first-order valence-electron chi connectivity index (χ1n) is 7.41. The minimum absolute atomic E-state index is 0. The Labute approximate surface area is 121 Å². The lowest BCUT2D eigenvalue weighted by Gasteiger charge is -2.07. The third kappa shape index (κ3) is 31.9. The van der Waals surface area contributed by atoms with Crippen molar-refractivity contribution in [2.24, 2.45) is 23.7 Å². The summed E-state index contributed by atoms with van der Waals surface area (Å²) in [5.41, 5.74) is 0. The van der Waals surface area contributed by atoms with E-state index in [2.05, 4.69) is 55.4 Å². The van der Waals surface area contributed by atoms with Crippen LogP contribution in [0.3, 0.4) is 0 Å². The molecule has 0 saturated carbocycles. The van der Waals surface area contributed by atoms with Crippen LogP contribution in [0.25, 0.3) is 0 Å². The summed E-state index contributed by atoms with van der Waals surface area (Å²) in [7, 11) is 0. The Hall–Kier alpha value is -0.120. The van der Waals surface area contributed by atoms with Crippen LogP contribution in [0.5, 0.6) is 0 Å². The van der Waals surface area contributed by atoms with Crippen LogP contribution in [0.15, 0.2) is 0 Å². The van der Waals surface area contributed by atoms with Crippen molar-refractivity contribution < 1.29 is 14.9 Å². The first-order chi connectivity index (χ1) is 8.25. The van der Waals surface area contributed by atoms with Crippen molar-refractivity contribution >= 4 is 0 Å². The van der Waals surface area contributed by atoms with E-state index in [4.69, 9.17) is 9.47 Å². The van der Waals surface area contributed by atoms with Crippen molar-refractivity contribution in [3.8, 4) is 0 Å². The number of ether oxygens (including phenoxy) is 2. The van der Waals surface area contributed by atoms with E-state index in [1.54, 1.807) is 0 Å². The van der Waals surface area contributed by atoms with E-state index in [1.807, 2.05) is 0 Å². The van der Waals surface area contributed by atoms with Gasteiger partial charge in [-0.25, -0.2) is 0 Å². The molecule has 0 aromatic carbocycles. The minimum Gasteiger partial charge on any atom is -0.412 e. The van der Waals surface area contributed by atoms with Crippen molar-refractivity contribution in [3.63, 3.8) is 0 Å². The Morgan fingerprint density at radius 1 is 0.474 bits per heavy atom. The highest BCUT2D eigenvalue weighted by Gasteiger charge is 1.96. The zero-order chi connectivity index (χ0) is 14.6. The van der Waals surface area contributed by atoms with Crippen LogP contribution in [-0.4, -0.2) is 31.9 Å². The topological polar surface area (TPSA) is 50.0 Å². The molecule has 0 aliphatic carbocycles. The van der Waals surface area contributed by atoms with E-state index >= 15 is 0 Å². The van der Waals surface area contributed by atoms with Crippen molar-refractivity contribution in [1.82, 2.24) is 0 Å². The van der Waals surface area contributed by atoms with Crippen LogP contribution in [0, 0.1) is 23.7 Å². The van der Waals surface area contributed by atoms with Gasteiger partial charge in [-0.1, -0.05) is 55.4 Å². The van der Waals surface area contributed by atoms with Gasteiger partial charge in [0, 0.05) is 26.4 Å². The third-order valence-corrected chi connectivity index (χ3v) is 1.80. The zero-order valence-electron chi connectivity index (χ0n) is 14.5. The van der Waals surface area contributed by atoms with E-state index in [9.17, 15) is 0 Å². The van der Waals surface area contributed by atoms with Gasteiger partial charge < -0.3 is 14.9 Å². The van der Waals surface area contributed by atoms with Crippen LogP contribution < -0.4 is 0 Å². The molecule has 0 heterocycles. The first-order valence-corrected chi connectivity index (χ1v) is 7.41. The Bertz CT molecular complexity index is 120. The average Bonchev–Trinajstić information content (AvgIpc) is 2.15. The molecule has 0 amide bonds. The molecule has 2 N–H and O–H groups in total. The molecule has 3 nitrogen and oxygen atoms in total. The van der Waals surface area contributed by atoms with Gasteiger partial charge in [-0.3, -0.25) is 0 Å². The summed E-state index contributed by atoms with van der Waals surface area (Å²) in [6.45, 7) is 20.9. The smallest absolute Gasteiger partial charge is 0.0489 e. The molecule has 0 spiro atoms. The molecule has 19 heavy (non-hydrogen) atoms. The predicted octanol–water partition coefficient (Wildman–Crippen LogP) is 3.81. The second-order valence-electron chi connectivity index (χ2n) is 6.65. The maximum Gasteiger partial charge on any atom is 0.0489 e. The highest BCUT2D eigenvalue weighted by molar-refractivity contribution is 4.43. The van der Waals surface area contributed by atoms with Crippen LogP contribution in [0.4, 0.5) is 0 Å². The molecule has 0 aliphatic heterocycles. The molecular weight excluding hydrogens is 240 g/mol. The Morgan fingerprint density at radius 3 is 0.737 bits per heavy atom.